The molecule has 0 fully saturated rings. The average molecular weight is 247 g/mol. The van der Waals surface area contributed by atoms with Crippen molar-refractivity contribution in [2.75, 3.05) is 6.61 Å². The van der Waals surface area contributed by atoms with E-state index in [1.165, 1.54) is 6.92 Å². The molecule has 0 aromatic carbocycles. The van der Waals surface area contributed by atoms with E-state index in [9.17, 15) is 18.0 Å². The van der Waals surface area contributed by atoms with Gasteiger partial charge in [0, 0.05) is 5.56 Å². The minimum atomic E-state index is -2.79. The molecular formula is C11H12F3NO2. The van der Waals surface area contributed by atoms with Gasteiger partial charge in [-0.2, -0.15) is 0 Å². The number of halogens is 3. The van der Waals surface area contributed by atoms with Crippen LogP contribution in [0.15, 0.2) is 6.20 Å². The Bertz CT molecular complexity index is 421. The molecule has 0 N–H and O–H groups in total. The zero-order chi connectivity index (χ0) is 13.0. The third-order valence-electron chi connectivity index (χ3n) is 2.28. The summed E-state index contributed by atoms with van der Waals surface area (Å²) in [5.41, 5.74) is -0.604. The Labute approximate surface area is 96.6 Å². The van der Waals surface area contributed by atoms with Gasteiger partial charge in [0.15, 0.2) is 0 Å². The summed E-state index contributed by atoms with van der Waals surface area (Å²) in [5.74, 6) is -1.43. The number of nitrogens with zero attached hydrogens (tertiary/aromatic N) is 1. The maximum atomic E-state index is 13.4. The largest absolute Gasteiger partial charge is 0.466 e. The summed E-state index contributed by atoms with van der Waals surface area (Å²) in [6.07, 6.45) is -2.46. The van der Waals surface area contributed by atoms with Crippen molar-refractivity contribution in [3.8, 4) is 0 Å². The van der Waals surface area contributed by atoms with Gasteiger partial charge in [0.25, 0.3) is 6.43 Å². The summed E-state index contributed by atoms with van der Waals surface area (Å²) in [4.78, 5) is 14.5. The summed E-state index contributed by atoms with van der Waals surface area (Å²) in [7, 11) is 0. The second kappa shape index (κ2) is 5.65. The van der Waals surface area contributed by atoms with Gasteiger partial charge in [-0.1, -0.05) is 0 Å². The highest BCUT2D eigenvalue weighted by molar-refractivity contribution is 5.73. The molecule has 3 nitrogen and oxygen atoms in total. The van der Waals surface area contributed by atoms with Crippen molar-refractivity contribution in [2.45, 2.75) is 26.7 Å². The number of ether oxygens (including phenoxy) is 1. The van der Waals surface area contributed by atoms with Gasteiger partial charge in [-0.25, -0.2) is 13.2 Å². The number of carbonyl (C=O) groups is 1. The summed E-state index contributed by atoms with van der Waals surface area (Å²) in [6, 6.07) is 0. The highest BCUT2D eigenvalue weighted by Gasteiger charge is 2.20. The van der Waals surface area contributed by atoms with Gasteiger partial charge >= 0.3 is 5.97 Å². The molecule has 0 aliphatic carbocycles. The zero-order valence-corrected chi connectivity index (χ0v) is 9.47. The molecule has 0 aliphatic heterocycles. The predicted octanol–water partition coefficient (Wildman–Crippen LogP) is 2.57. The number of aromatic nitrogens is 1. The molecular weight excluding hydrogens is 235 g/mol. The lowest BCUT2D eigenvalue weighted by atomic mass is 10.0. The Balaban J connectivity index is 3.05. The van der Waals surface area contributed by atoms with Crippen LogP contribution in [0.5, 0.6) is 0 Å². The molecule has 6 heteroatoms. The van der Waals surface area contributed by atoms with Crippen molar-refractivity contribution in [3.05, 3.63) is 28.8 Å². The molecule has 1 aromatic rings. The Morgan fingerprint density at radius 2 is 2.18 bits per heavy atom. The number of rotatable bonds is 4. The third-order valence-corrected chi connectivity index (χ3v) is 2.28. The first kappa shape index (κ1) is 13.5. The number of hydrogen-bond donors (Lipinski definition) is 0. The predicted molar refractivity (Wildman–Crippen MR) is 54.2 cm³/mol. The number of pyridine rings is 1. The Hall–Kier alpha value is -1.59. The fraction of sp³-hybridized carbons (Fsp3) is 0.455. The molecule has 0 saturated carbocycles. The minimum absolute atomic E-state index is 0.00643. The van der Waals surface area contributed by atoms with Crippen LogP contribution in [0.3, 0.4) is 0 Å². The fourth-order valence-corrected chi connectivity index (χ4v) is 1.43. The van der Waals surface area contributed by atoms with E-state index in [4.69, 9.17) is 0 Å². The second-order valence-electron chi connectivity index (χ2n) is 3.38. The van der Waals surface area contributed by atoms with E-state index in [-0.39, 0.29) is 24.2 Å². The normalized spacial score (nSPS) is 10.7. The van der Waals surface area contributed by atoms with Crippen LogP contribution < -0.4 is 0 Å². The molecule has 0 radical (unpaired) electrons. The van der Waals surface area contributed by atoms with Crippen LogP contribution in [0.1, 0.15) is 30.2 Å². The zero-order valence-electron chi connectivity index (χ0n) is 9.47. The van der Waals surface area contributed by atoms with E-state index in [1.54, 1.807) is 6.92 Å². The van der Waals surface area contributed by atoms with Crippen LogP contribution in [0.2, 0.25) is 0 Å². The van der Waals surface area contributed by atoms with Gasteiger partial charge in [0.1, 0.15) is 11.5 Å². The fourth-order valence-electron chi connectivity index (χ4n) is 1.43. The Morgan fingerprint density at radius 3 is 2.71 bits per heavy atom. The van der Waals surface area contributed by atoms with Gasteiger partial charge in [-0.05, 0) is 19.4 Å². The molecule has 0 spiro atoms. The van der Waals surface area contributed by atoms with Crippen LogP contribution in [-0.4, -0.2) is 17.6 Å². The van der Waals surface area contributed by atoms with Crippen molar-refractivity contribution in [2.24, 2.45) is 0 Å². The van der Waals surface area contributed by atoms with Crippen LogP contribution in [0, 0.1) is 12.7 Å². The van der Waals surface area contributed by atoms with E-state index in [0.29, 0.717) is 6.20 Å². The lowest BCUT2D eigenvalue weighted by Gasteiger charge is -2.10. The number of hydrogen-bond acceptors (Lipinski definition) is 3. The van der Waals surface area contributed by atoms with Crippen molar-refractivity contribution in [1.29, 1.82) is 0 Å². The van der Waals surface area contributed by atoms with Crippen molar-refractivity contribution in [3.63, 3.8) is 0 Å². The molecule has 0 aliphatic rings. The van der Waals surface area contributed by atoms with E-state index in [2.05, 4.69) is 9.72 Å². The maximum Gasteiger partial charge on any atom is 0.310 e. The molecule has 1 rings (SSSR count). The van der Waals surface area contributed by atoms with Crippen LogP contribution >= 0.6 is 0 Å². The topological polar surface area (TPSA) is 39.2 Å². The molecule has 1 aromatic heterocycles. The lowest BCUT2D eigenvalue weighted by molar-refractivity contribution is -0.142. The number of alkyl halides is 2. The first-order valence-electron chi connectivity index (χ1n) is 5.05. The summed E-state index contributed by atoms with van der Waals surface area (Å²) < 4.78 is 43.1. The smallest absolute Gasteiger partial charge is 0.310 e. The summed E-state index contributed by atoms with van der Waals surface area (Å²) >= 11 is 0. The SMILES string of the molecule is CCOC(=O)Cc1c(F)cnc(C(F)F)c1C. The molecule has 0 atom stereocenters. The van der Waals surface area contributed by atoms with Crippen molar-refractivity contribution < 1.29 is 22.7 Å². The van der Waals surface area contributed by atoms with E-state index in [0.717, 1.165) is 0 Å². The highest BCUT2D eigenvalue weighted by atomic mass is 19.3. The molecule has 17 heavy (non-hydrogen) atoms. The van der Waals surface area contributed by atoms with Crippen LogP contribution in [0.25, 0.3) is 0 Å². The van der Waals surface area contributed by atoms with E-state index < -0.39 is 23.9 Å². The summed E-state index contributed by atoms with van der Waals surface area (Å²) in [5, 5.41) is 0. The standard InChI is InChI=1S/C11H12F3NO2/c1-3-17-9(16)4-7-6(2)10(11(13)14)15-5-8(7)12/h5,11H,3-4H2,1-2H3. The molecule has 0 unspecified atom stereocenters. The van der Waals surface area contributed by atoms with E-state index >= 15 is 0 Å². The minimum Gasteiger partial charge on any atom is -0.466 e. The number of carbonyl (C=O) groups excluding carboxylic acids is 1. The van der Waals surface area contributed by atoms with E-state index in [1.807, 2.05) is 0 Å². The molecule has 0 amide bonds. The highest BCUT2D eigenvalue weighted by Crippen LogP contribution is 2.24. The average Bonchev–Trinajstić information content (AvgIpc) is 2.24. The second-order valence-corrected chi connectivity index (χ2v) is 3.38. The number of esters is 1. The van der Waals surface area contributed by atoms with Gasteiger partial charge in [-0.15, -0.1) is 0 Å². The molecule has 0 saturated heterocycles. The Kier molecular flexibility index (Phi) is 4.48. The monoisotopic (exact) mass is 247 g/mol. The molecule has 1 heterocycles. The van der Waals surface area contributed by atoms with Gasteiger partial charge in [-0.3, -0.25) is 9.78 Å². The Morgan fingerprint density at radius 1 is 1.53 bits per heavy atom. The maximum absolute atomic E-state index is 13.4. The van der Waals surface area contributed by atoms with Gasteiger partial charge in [0.2, 0.25) is 0 Å². The molecule has 0 bridgehead atoms. The van der Waals surface area contributed by atoms with Crippen LogP contribution in [-0.2, 0) is 16.0 Å². The molecule has 94 valence electrons. The first-order valence-corrected chi connectivity index (χ1v) is 5.05. The lowest BCUT2D eigenvalue weighted by Crippen LogP contribution is -2.12. The quantitative estimate of drug-likeness (QED) is 0.767. The third kappa shape index (κ3) is 3.18. The summed E-state index contributed by atoms with van der Waals surface area (Å²) in [6.45, 7) is 3.08. The van der Waals surface area contributed by atoms with Crippen molar-refractivity contribution in [1.82, 2.24) is 4.98 Å². The van der Waals surface area contributed by atoms with Gasteiger partial charge in [0.05, 0.1) is 19.2 Å². The van der Waals surface area contributed by atoms with Crippen LogP contribution in [0.4, 0.5) is 13.2 Å². The van der Waals surface area contributed by atoms with Crippen molar-refractivity contribution >= 4 is 5.97 Å². The first-order chi connectivity index (χ1) is 7.97. The van der Waals surface area contributed by atoms with Gasteiger partial charge < -0.3 is 4.74 Å².